The smallest absolute Gasteiger partial charge is 0.459 e. The number of aryl methyl sites for hydroxylation is 1. The summed E-state index contributed by atoms with van der Waals surface area (Å²) in [5.41, 5.74) is 4.84. The van der Waals surface area contributed by atoms with Crippen LogP contribution >= 0.6 is 19.3 Å². The van der Waals surface area contributed by atoms with Crippen LogP contribution in [0.2, 0.25) is 0 Å². The maximum absolute atomic E-state index is 15.9. The number of benzene rings is 1. The molecule has 4 N–H and O–H groups in total. The minimum Gasteiger partial charge on any atom is -0.469 e. The van der Waals surface area contributed by atoms with Crippen LogP contribution in [-0.4, -0.2) is 100 Å². The highest BCUT2D eigenvalue weighted by atomic mass is 35.5. The summed E-state index contributed by atoms with van der Waals surface area (Å²) >= 11 is 6.30. The predicted octanol–water partition coefficient (Wildman–Crippen LogP) is 2.92. The number of halogens is 2. The molecule has 3 aromatic rings. The minimum absolute atomic E-state index is 0.00319. The Kier molecular flexibility index (Phi) is 11.9. The van der Waals surface area contributed by atoms with Gasteiger partial charge in [-0.1, -0.05) is 18.2 Å². The Morgan fingerprint density at radius 1 is 1.27 bits per heavy atom. The number of anilines is 2. The lowest BCUT2D eigenvalue weighted by Gasteiger charge is -2.32. The first-order valence-electron chi connectivity index (χ1n) is 14.9. The van der Waals surface area contributed by atoms with Crippen LogP contribution in [0.4, 0.5) is 16.2 Å². The van der Waals surface area contributed by atoms with Crippen molar-refractivity contribution in [3.63, 3.8) is 0 Å². The van der Waals surface area contributed by atoms with Crippen molar-refractivity contribution in [3.05, 3.63) is 36.2 Å². The van der Waals surface area contributed by atoms with Crippen molar-refractivity contribution >= 4 is 54.2 Å². The molecule has 0 bridgehead atoms. The molecule has 48 heavy (non-hydrogen) atoms. The van der Waals surface area contributed by atoms with Crippen LogP contribution in [0.1, 0.15) is 39.0 Å². The summed E-state index contributed by atoms with van der Waals surface area (Å²) in [7, 11) is 0.125. The quantitative estimate of drug-likeness (QED) is 0.118. The molecule has 264 valence electrons. The van der Waals surface area contributed by atoms with Gasteiger partial charge >= 0.3 is 19.7 Å². The Balaban J connectivity index is 1.65. The van der Waals surface area contributed by atoms with Crippen molar-refractivity contribution in [3.8, 4) is 5.75 Å². The molecule has 1 fully saturated rings. The number of carbonyl (C=O) groups excluding carboxylic acids is 2. The second kappa shape index (κ2) is 15.3. The third-order valence-electron chi connectivity index (χ3n) is 7.37. The van der Waals surface area contributed by atoms with Crippen molar-refractivity contribution in [1.29, 1.82) is 0 Å². The Morgan fingerprint density at radius 3 is 2.62 bits per heavy atom. The van der Waals surface area contributed by atoms with Crippen LogP contribution in [0, 0.1) is 0 Å². The van der Waals surface area contributed by atoms with Gasteiger partial charge in [-0.15, -0.1) is 11.6 Å². The molecule has 3 heterocycles. The first kappa shape index (κ1) is 37.2. The number of methoxy groups -OCH3 is 1. The standard InChI is InChI=1S/C29H40ClFN7O9P/c1-16(2)45-27(41)17(3)36-48(42,47-19-10-8-7-9-18(19)11-12-20(39)43-6)44-14-29(13-30)23(40)21(31)26(46-29)38-15-33-22-24(37(4)5)34-28(32)35-25(22)38/h7-10,15-17,21,23,26,40H,11-14H2,1-6H3,(H,36,42)(H2,32,34,35)/t17-,21+,23-,26+,29+,48?/m0/s1. The van der Waals surface area contributed by atoms with Crippen LogP contribution in [0.25, 0.3) is 11.2 Å². The molecule has 0 radical (unpaired) electrons. The number of esters is 2. The van der Waals surface area contributed by atoms with Crippen LogP contribution in [0.3, 0.4) is 0 Å². The molecular formula is C29H40ClFN7O9P. The first-order valence-corrected chi connectivity index (χ1v) is 17.0. The molecule has 0 saturated carbocycles. The highest BCUT2D eigenvalue weighted by Gasteiger charge is 2.57. The van der Waals surface area contributed by atoms with Crippen molar-refractivity contribution in [1.82, 2.24) is 24.6 Å². The van der Waals surface area contributed by atoms with Gasteiger partial charge in [-0.05, 0) is 38.8 Å². The minimum atomic E-state index is -4.57. The molecule has 1 aliphatic heterocycles. The molecule has 19 heteroatoms. The highest BCUT2D eigenvalue weighted by Crippen LogP contribution is 2.49. The number of rotatable bonds is 15. The maximum atomic E-state index is 15.9. The van der Waals surface area contributed by atoms with E-state index in [-0.39, 0.29) is 30.2 Å². The number of para-hydroxylation sites is 1. The molecule has 4 rings (SSSR count). The van der Waals surface area contributed by atoms with E-state index in [1.165, 1.54) is 31.0 Å². The van der Waals surface area contributed by atoms with Crippen LogP contribution in [0.5, 0.6) is 5.75 Å². The van der Waals surface area contributed by atoms with E-state index < -0.39 is 68.4 Å². The predicted molar refractivity (Wildman–Crippen MR) is 173 cm³/mol. The average molecular weight is 716 g/mol. The Bertz CT molecular complexity index is 1660. The SMILES string of the molecule is COC(=O)CCc1ccccc1OP(=O)(N[C@@H](C)C(=O)OC(C)C)OC[C@@]1(CCl)O[C@@H](n2cnc3c(N(C)C)nc(N)nc32)[C@H](F)[C@@H]1O. The number of ether oxygens (including phenoxy) is 3. The van der Waals surface area contributed by atoms with Crippen LogP contribution in [-0.2, 0) is 39.3 Å². The van der Waals surface area contributed by atoms with Gasteiger partial charge in [0.2, 0.25) is 5.95 Å². The summed E-state index contributed by atoms with van der Waals surface area (Å²) in [6.07, 6.45) is -4.54. The Hall–Kier alpha value is -3.60. The van der Waals surface area contributed by atoms with E-state index in [0.29, 0.717) is 16.9 Å². The summed E-state index contributed by atoms with van der Waals surface area (Å²) < 4.78 is 59.2. The molecule has 1 aromatic carbocycles. The highest BCUT2D eigenvalue weighted by molar-refractivity contribution is 7.52. The number of carbonyl (C=O) groups is 2. The summed E-state index contributed by atoms with van der Waals surface area (Å²) in [6, 6.07) is 5.22. The number of nitrogens with zero attached hydrogens (tertiary/aromatic N) is 5. The van der Waals surface area contributed by atoms with E-state index in [1.54, 1.807) is 51.0 Å². The lowest BCUT2D eigenvalue weighted by atomic mass is 9.99. The number of hydrogen-bond acceptors (Lipinski definition) is 14. The maximum Gasteiger partial charge on any atom is 0.459 e. The number of nitrogens with one attached hydrogen (secondary N) is 1. The van der Waals surface area contributed by atoms with E-state index in [2.05, 4.69) is 20.0 Å². The van der Waals surface area contributed by atoms with Gasteiger partial charge in [0, 0.05) is 20.5 Å². The number of imidazole rings is 1. The van der Waals surface area contributed by atoms with Gasteiger partial charge in [-0.3, -0.25) is 18.7 Å². The number of fused-ring (bicyclic) bond motifs is 1. The summed E-state index contributed by atoms with van der Waals surface area (Å²) in [5.74, 6) is -1.41. The van der Waals surface area contributed by atoms with Crippen molar-refractivity contribution in [2.24, 2.45) is 0 Å². The number of aromatic nitrogens is 4. The number of nitrogens with two attached hydrogens (primary N) is 1. The number of nitrogen functional groups attached to an aromatic ring is 1. The van der Waals surface area contributed by atoms with E-state index in [1.807, 2.05) is 0 Å². The molecule has 6 atom stereocenters. The molecule has 0 amide bonds. The van der Waals surface area contributed by atoms with E-state index >= 15 is 4.39 Å². The number of aliphatic hydroxyl groups is 1. The first-order chi connectivity index (χ1) is 22.6. The van der Waals surface area contributed by atoms with Gasteiger partial charge in [0.1, 0.15) is 23.5 Å². The van der Waals surface area contributed by atoms with Crippen molar-refractivity contribution < 1.29 is 46.9 Å². The zero-order valence-corrected chi connectivity index (χ0v) is 29.0. The molecule has 1 aliphatic rings. The summed E-state index contributed by atoms with van der Waals surface area (Å²) in [6.45, 7) is 3.92. The lowest BCUT2D eigenvalue weighted by Crippen LogP contribution is -2.48. The van der Waals surface area contributed by atoms with Crippen LogP contribution < -0.4 is 20.2 Å². The summed E-state index contributed by atoms with van der Waals surface area (Å²) in [5, 5.41) is 13.7. The zero-order chi connectivity index (χ0) is 35.4. The fourth-order valence-electron chi connectivity index (χ4n) is 4.89. The summed E-state index contributed by atoms with van der Waals surface area (Å²) in [4.78, 5) is 38.8. The average Bonchev–Trinajstić information content (AvgIpc) is 3.56. The number of hydrogen-bond donors (Lipinski definition) is 3. The van der Waals surface area contributed by atoms with Gasteiger partial charge in [0.05, 0.1) is 32.0 Å². The molecule has 0 spiro atoms. The Morgan fingerprint density at radius 2 is 1.98 bits per heavy atom. The number of aliphatic hydroxyl groups excluding tert-OH is 1. The molecule has 1 unspecified atom stereocenters. The van der Waals surface area contributed by atoms with Gasteiger partial charge in [-0.2, -0.15) is 15.1 Å². The van der Waals surface area contributed by atoms with Crippen molar-refractivity contribution in [2.45, 2.75) is 69.9 Å². The largest absolute Gasteiger partial charge is 0.469 e. The van der Waals surface area contributed by atoms with Crippen LogP contribution in [0.15, 0.2) is 30.6 Å². The molecule has 0 aliphatic carbocycles. The topological polar surface area (TPSA) is 202 Å². The van der Waals surface area contributed by atoms with Crippen molar-refractivity contribution in [2.75, 3.05) is 44.3 Å². The second-order valence-corrected chi connectivity index (χ2v) is 13.6. The van der Waals surface area contributed by atoms with E-state index in [0.717, 1.165) is 0 Å². The lowest BCUT2D eigenvalue weighted by molar-refractivity contribution is -0.149. The monoisotopic (exact) mass is 715 g/mol. The Labute approximate surface area is 281 Å². The van der Waals surface area contributed by atoms with E-state index in [4.69, 9.17) is 40.6 Å². The molecule has 16 nitrogen and oxygen atoms in total. The molecule has 1 saturated heterocycles. The van der Waals surface area contributed by atoms with Gasteiger partial charge in [0.15, 0.2) is 29.4 Å². The zero-order valence-electron chi connectivity index (χ0n) is 27.3. The molecule has 2 aromatic heterocycles. The second-order valence-electron chi connectivity index (χ2n) is 11.6. The molecular weight excluding hydrogens is 676 g/mol. The fourth-order valence-corrected chi connectivity index (χ4v) is 6.78. The number of alkyl halides is 2. The third kappa shape index (κ3) is 8.15. The van der Waals surface area contributed by atoms with Gasteiger partial charge in [0.25, 0.3) is 0 Å². The normalized spacial score (nSPS) is 22.8. The fraction of sp³-hybridized carbons (Fsp3) is 0.552. The van der Waals surface area contributed by atoms with E-state index in [9.17, 15) is 19.3 Å². The third-order valence-corrected chi connectivity index (χ3v) is 9.43. The van der Waals surface area contributed by atoms with Gasteiger partial charge < -0.3 is 34.5 Å². The van der Waals surface area contributed by atoms with Gasteiger partial charge in [-0.25, -0.2) is 13.9 Å².